The van der Waals surface area contributed by atoms with E-state index in [-0.39, 0.29) is 28.5 Å². The van der Waals surface area contributed by atoms with E-state index in [4.69, 9.17) is 0 Å². The Balaban J connectivity index is 2.35. The molecule has 0 radical (unpaired) electrons. The molecule has 1 aromatic carbocycles. The maximum absolute atomic E-state index is 12.8. The van der Waals surface area contributed by atoms with Gasteiger partial charge in [-0.2, -0.15) is 0 Å². The van der Waals surface area contributed by atoms with Gasteiger partial charge in [0.25, 0.3) is 10.0 Å². The lowest BCUT2D eigenvalue weighted by Gasteiger charge is -2.21. The Kier molecular flexibility index (Phi) is 5.15. The standard InChI is InChI=1S/C14H17N3O3S2/c1-11(2)16-13(18)10-17(14-15-8-9-21-14)22(19,20)12-6-4-3-5-7-12/h3-9,11H,10H2,1-2H3,(H,16,18). The van der Waals surface area contributed by atoms with Gasteiger partial charge in [-0.15, -0.1) is 11.3 Å². The van der Waals surface area contributed by atoms with Crippen molar-refractivity contribution in [3.05, 3.63) is 41.9 Å². The zero-order chi connectivity index (χ0) is 16.2. The minimum Gasteiger partial charge on any atom is -0.352 e. The van der Waals surface area contributed by atoms with Crippen LogP contribution in [0.3, 0.4) is 0 Å². The van der Waals surface area contributed by atoms with Crippen molar-refractivity contribution in [3.63, 3.8) is 0 Å². The third-order valence-corrected chi connectivity index (χ3v) is 5.36. The largest absolute Gasteiger partial charge is 0.352 e. The van der Waals surface area contributed by atoms with E-state index in [2.05, 4.69) is 10.3 Å². The number of rotatable bonds is 6. The second-order valence-electron chi connectivity index (χ2n) is 4.86. The number of nitrogens with one attached hydrogen (secondary N) is 1. The number of amides is 1. The van der Waals surface area contributed by atoms with Gasteiger partial charge in [0.05, 0.1) is 4.90 Å². The first-order valence-electron chi connectivity index (χ1n) is 6.68. The number of carbonyl (C=O) groups is 1. The summed E-state index contributed by atoms with van der Waals surface area (Å²) in [5, 5.41) is 4.63. The molecule has 6 nitrogen and oxygen atoms in total. The van der Waals surface area contributed by atoms with Crippen LogP contribution < -0.4 is 9.62 Å². The van der Waals surface area contributed by atoms with Crippen molar-refractivity contribution < 1.29 is 13.2 Å². The van der Waals surface area contributed by atoms with Crippen molar-refractivity contribution in [2.75, 3.05) is 10.8 Å². The van der Waals surface area contributed by atoms with Crippen molar-refractivity contribution in [1.82, 2.24) is 10.3 Å². The molecule has 1 N–H and O–H groups in total. The summed E-state index contributed by atoms with van der Waals surface area (Å²) >= 11 is 1.17. The van der Waals surface area contributed by atoms with E-state index in [1.807, 2.05) is 13.8 Å². The third-order valence-electron chi connectivity index (χ3n) is 2.70. The Morgan fingerprint density at radius 3 is 2.55 bits per heavy atom. The molecule has 8 heteroatoms. The molecule has 1 heterocycles. The summed E-state index contributed by atoms with van der Waals surface area (Å²) in [5.74, 6) is -0.371. The number of hydrogen-bond donors (Lipinski definition) is 1. The summed E-state index contributed by atoms with van der Waals surface area (Å²) in [7, 11) is -3.83. The van der Waals surface area contributed by atoms with Gasteiger partial charge in [-0.3, -0.25) is 4.79 Å². The van der Waals surface area contributed by atoms with Crippen LogP contribution in [0.15, 0.2) is 46.8 Å². The van der Waals surface area contributed by atoms with E-state index >= 15 is 0 Å². The lowest BCUT2D eigenvalue weighted by molar-refractivity contribution is -0.120. The fourth-order valence-electron chi connectivity index (χ4n) is 1.81. The Morgan fingerprint density at radius 2 is 2.00 bits per heavy atom. The molecule has 0 unspecified atom stereocenters. The topological polar surface area (TPSA) is 79.4 Å². The Hall–Kier alpha value is -1.93. The van der Waals surface area contributed by atoms with Crippen LogP contribution in [0.2, 0.25) is 0 Å². The first kappa shape index (κ1) is 16.4. The molecule has 0 aliphatic heterocycles. The molecule has 0 saturated carbocycles. The van der Waals surface area contributed by atoms with Gasteiger partial charge in [0.15, 0.2) is 5.13 Å². The normalized spacial score (nSPS) is 11.4. The van der Waals surface area contributed by atoms with Crippen molar-refractivity contribution >= 4 is 32.4 Å². The van der Waals surface area contributed by atoms with Gasteiger partial charge in [0.1, 0.15) is 6.54 Å². The van der Waals surface area contributed by atoms with Crippen LogP contribution in [0.4, 0.5) is 5.13 Å². The minimum atomic E-state index is -3.83. The summed E-state index contributed by atoms with van der Waals surface area (Å²) in [6, 6.07) is 7.94. The van der Waals surface area contributed by atoms with E-state index in [0.717, 1.165) is 4.31 Å². The number of aromatic nitrogens is 1. The van der Waals surface area contributed by atoms with Crippen LogP contribution in [0, 0.1) is 0 Å². The number of carbonyl (C=O) groups excluding carboxylic acids is 1. The number of sulfonamides is 1. The number of benzene rings is 1. The molecule has 0 aliphatic rings. The average molecular weight is 339 g/mol. The number of hydrogen-bond acceptors (Lipinski definition) is 5. The molecular weight excluding hydrogens is 322 g/mol. The Labute approximate surface area is 133 Å². The van der Waals surface area contributed by atoms with E-state index in [0.29, 0.717) is 0 Å². The fraction of sp³-hybridized carbons (Fsp3) is 0.286. The Morgan fingerprint density at radius 1 is 1.32 bits per heavy atom. The monoisotopic (exact) mass is 339 g/mol. The second-order valence-corrected chi connectivity index (χ2v) is 7.60. The van der Waals surface area contributed by atoms with Crippen LogP contribution in [-0.4, -0.2) is 31.9 Å². The summed E-state index contributed by atoms with van der Waals surface area (Å²) in [5.41, 5.74) is 0. The highest BCUT2D eigenvalue weighted by molar-refractivity contribution is 7.93. The SMILES string of the molecule is CC(C)NC(=O)CN(c1nccs1)S(=O)(=O)c1ccccc1. The average Bonchev–Trinajstić information content (AvgIpc) is 2.98. The van der Waals surface area contributed by atoms with E-state index in [1.54, 1.807) is 23.6 Å². The molecule has 2 aromatic rings. The van der Waals surface area contributed by atoms with Crippen LogP contribution >= 0.6 is 11.3 Å². The van der Waals surface area contributed by atoms with Crippen LogP contribution in [0.25, 0.3) is 0 Å². The van der Waals surface area contributed by atoms with Crippen molar-refractivity contribution in [2.24, 2.45) is 0 Å². The Bertz CT molecular complexity index is 713. The second kappa shape index (κ2) is 6.89. The molecule has 22 heavy (non-hydrogen) atoms. The van der Waals surface area contributed by atoms with Crippen molar-refractivity contribution in [3.8, 4) is 0 Å². The zero-order valence-corrected chi connectivity index (χ0v) is 13.9. The number of thiazole rings is 1. The van der Waals surface area contributed by atoms with Crippen LogP contribution in [0.5, 0.6) is 0 Å². The van der Waals surface area contributed by atoms with Gasteiger partial charge < -0.3 is 5.32 Å². The van der Waals surface area contributed by atoms with Crippen molar-refractivity contribution in [1.29, 1.82) is 0 Å². The van der Waals surface area contributed by atoms with Crippen LogP contribution in [0.1, 0.15) is 13.8 Å². The number of nitrogens with zero attached hydrogens (tertiary/aromatic N) is 2. The van der Waals surface area contributed by atoms with E-state index in [1.165, 1.54) is 29.7 Å². The maximum Gasteiger partial charge on any atom is 0.266 e. The molecule has 0 aliphatic carbocycles. The lowest BCUT2D eigenvalue weighted by atomic mass is 10.4. The summed E-state index contributed by atoms with van der Waals surface area (Å²) in [6.45, 7) is 3.33. The predicted octanol–water partition coefficient (Wildman–Crippen LogP) is 1.86. The third kappa shape index (κ3) is 3.83. The van der Waals surface area contributed by atoms with Gasteiger partial charge >= 0.3 is 0 Å². The van der Waals surface area contributed by atoms with E-state index in [9.17, 15) is 13.2 Å². The number of anilines is 1. The van der Waals surface area contributed by atoms with Gasteiger partial charge in [-0.05, 0) is 26.0 Å². The van der Waals surface area contributed by atoms with Crippen molar-refractivity contribution in [2.45, 2.75) is 24.8 Å². The maximum atomic E-state index is 12.8. The first-order valence-corrected chi connectivity index (χ1v) is 9.00. The molecule has 0 bridgehead atoms. The fourth-order valence-corrected chi connectivity index (χ4v) is 4.08. The predicted molar refractivity (Wildman–Crippen MR) is 86.4 cm³/mol. The van der Waals surface area contributed by atoms with E-state index < -0.39 is 10.0 Å². The molecular formula is C14H17N3O3S2. The van der Waals surface area contributed by atoms with Gasteiger partial charge in [-0.1, -0.05) is 18.2 Å². The highest BCUT2D eigenvalue weighted by Crippen LogP contribution is 2.25. The molecule has 1 amide bonds. The minimum absolute atomic E-state index is 0.0647. The highest BCUT2D eigenvalue weighted by Gasteiger charge is 2.28. The molecule has 118 valence electrons. The quantitative estimate of drug-likeness (QED) is 0.871. The first-order chi connectivity index (χ1) is 10.4. The smallest absolute Gasteiger partial charge is 0.266 e. The van der Waals surface area contributed by atoms with Crippen LogP contribution in [-0.2, 0) is 14.8 Å². The molecule has 0 saturated heterocycles. The summed E-state index contributed by atoms with van der Waals surface area (Å²) in [6.07, 6.45) is 1.51. The summed E-state index contributed by atoms with van der Waals surface area (Å²) < 4.78 is 26.6. The van der Waals surface area contributed by atoms with Gasteiger partial charge in [-0.25, -0.2) is 17.7 Å². The molecule has 0 spiro atoms. The lowest BCUT2D eigenvalue weighted by Crippen LogP contribution is -2.42. The highest BCUT2D eigenvalue weighted by atomic mass is 32.2. The van der Waals surface area contributed by atoms with Gasteiger partial charge in [0, 0.05) is 17.6 Å². The zero-order valence-electron chi connectivity index (χ0n) is 12.3. The molecule has 2 rings (SSSR count). The molecule has 0 fully saturated rings. The molecule has 0 atom stereocenters. The summed E-state index contributed by atoms with van der Waals surface area (Å²) in [4.78, 5) is 16.1. The molecule has 1 aromatic heterocycles. The van der Waals surface area contributed by atoms with Gasteiger partial charge in [0.2, 0.25) is 5.91 Å².